The minimum absolute atomic E-state index is 0.0156. The Kier molecular flexibility index (Phi) is 3.11. The first-order valence-electron chi connectivity index (χ1n) is 5.60. The van der Waals surface area contributed by atoms with Crippen molar-refractivity contribution in [3.8, 4) is 0 Å². The zero-order chi connectivity index (χ0) is 14.5. The number of nitrogen functional groups attached to an aromatic ring is 1. The molecule has 8 heteroatoms. The SMILES string of the molecule is Nc1ccc2c(c1)S(=O)(=O)N(Cc1ccc(Br)s1)C2=O. The van der Waals surface area contributed by atoms with E-state index in [1.807, 2.05) is 6.07 Å². The molecule has 0 atom stereocenters. The summed E-state index contributed by atoms with van der Waals surface area (Å²) in [6.07, 6.45) is 0. The highest BCUT2D eigenvalue weighted by atomic mass is 79.9. The zero-order valence-corrected chi connectivity index (χ0v) is 13.3. The highest BCUT2D eigenvalue weighted by Crippen LogP contribution is 2.34. The molecule has 20 heavy (non-hydrogen) atoms. The molecule has 1 aromatic heterocycles. The van der Waals surface area contributed by atoms with Gasteiger partial charge in [0.15, 0.2) is 0 Å². The van der Waals surface area contributed by atoms with Gasteiger partial charge in [0.1, 0.15) is 4.90 Å². The van der Waals surface area contributed by atoms with Gasteiger partial charge in [-0.05, 0) is 46.3 Å². The maximum atomic E-state index is 12.4. The van der Waals surface area contributed by atoms with E-state index in [-0.39, 0.29) is 17.0 Å². The Balaban J connectivity index is 2.05. The average Bonchev–Trinajstić information content (AvgIpc) is 2.86. The number of sulfonamides is 1. The van der Waals surface area contributed by atoms with E-state index in [1.165, 1.54) is 29.5 Å². The Hall–Kier alpha value is -1.38. The zero-order valence-electron chi connectivity index (χ0n) is 10.0. The Morgan fingerprint density at radius 3 is 2.65 bits per heavy atom. The fourth-order valence-electron chi connectivity index (χ4n) is 2.03. The van der Waals surface area contributed by atoms with Crippen LogP contribution in [0.2, 0.25) is 0 Å². The van der Waals surface area contributed by atoms with Gasteiger partial charge in [-0.1, -0.05) is 0 Å². The van der Waals surface area contributed by atoms with Crippen LogP contribution in [0, 0.1) is 0 Å². The number of halogens is 1. The smallest absolute Gasteiger partial charge is 0.269 e. The maximum Gasteiger partial charge on any atom is 0.269 e. The number of nitrogens with two attached hydrogens (primary N) is 1. The number of carbonyl (C=O) groups excluding carboxylic acids is 1. The molecule has 0 spiro atoms. The minimum atomic E-state index is -3.81. The van der Waals surface area contributed by atoms with E-state index >= 15 is 0 Å². The first-order valence-corrected chi connectivity index (χ1v) is 8.65. The van der Waals surface area contributed by atoms with Gasteiger partial charge in [0.2, 0.25) is 0 Å². The Bertz CT molecular complexity index is 814. The van der Waals surface area contributed by atoms with Crippen LogP contribution in [0.15, 0.2) is 39.0 Å². The number of fused-ring (bicyclic) bond motifs is 1. The lowest BCUT2D eigenvalue weighted by Crippen LogP contribution is -2.29. The number of rotatable bonds is 2. The van der Waals surface area contributed by atoms with Crippen LogP contribution in [-0.2, 0) is 16.6 Å². The normalized spacial score (nSPS) is 16.4. The molecule has 3 rings (SSSR count). The lowest BCUT2D eigenvalue weighted by atomic mass is 10.2. The van der Waals surface area contributed by atoms with E-state index in [1.54, 1.807) is 6.07 Å². The number of nitrogens with zero attached hydrogens (tertiary/aromatic N) is 1. The monoisotopic (exact) mass is 372 g/mol. The quantitative estimate of drug-likeness (QED) is 0.820. The van der Waals surface area contributed by atoms with Crippen LogP contribution in [0.4, 0.5) is 5.69 Å². The van der Waals surface area contributed by atoms with Crippen molar-refractivity contribution < 1.29 is 13.2 Å². The van der Waals surface area contributed by atoms with Crippen LogP contribution in [0.25, 0.3) is 0 Å². The molecule has 2 aromatic rings. The number of amides is 1. The van der Waals surface area contributed by atoms with Crippen molar-refractivity contribution >= 4 is 48.9 Å². The summed E-state index contributed by atoms with van der Waals surface area (Å²) in [6, 6.07) is 7.91. The largest absolute Gasteiger partial charge is 0.399 e. The van der Waals surface area contributed by atoms with Crippen molar-refractivity contribution in [1.29, 1.82) is 0 Å². The number of hydrogen-bond acceptors (Lipinski definition) is 5. The Labute approximate surface area is 128 Å². The van der Waals surface area contributed by atoms with E-state index in [9.17, 15) is 13.2 Å². The van der Waals surface area contributed by atoms with E-state index in [0.717, 1.165) is 13.0 Å². The molecule has 0 bridgehead atoms. The van der Waals surface area contributed by atoms with Crippen LogP contribution < -0.4 is 5.73 Å². The first-order chi connectivity index (χ1) is 9.39. The van der Waals surface area contributed by atoms with E-state index in [0.29, 0.717) is 5.69 Å². The summed E-state index contributed by atoms with van der Waals surface area (Å²) in [5.41, 5.74) is 6.10. The van der Waals surface area contributed by atoms with Crippen LogP contribution >= 0.6 is 27.3 Å². The molecular weight excluding hydrogens is 364 g/mol. The van der Waals surface area contributed by atoms with Crippen LogP contribution in [0.5, 0.6) is 0 Å². The second kappa shape index (κ2) is 4.57. The predicted molar refractivity (Wildman–Crippen MR) is 79.9 cm³/mol. The Morgan fingerprint density at radius 2 is 2.00 bits per heavy atom. The third-order valence-electron chi connectivity index (χ3n) is 2.96. The van der Waals surface area contributed by atoms with Gasteiger partial charge >= 0.3 is 0 Å². The van der Waals surface area contributed by atoms with Crippen molar-refractivity contribution in [1.82, 2.24) is 4.31 Å². The highest BCUT2D eigenvalue weighted by molar-refractivity contribution is 9.11. The number of carbonyl (C=O) groups is 1. The molecule has 0 fully saturated rings. The summed E-state index contributed by atoms with van der Waals surface area (Å²) in [7, 11) is -3.81. The van der Waals surface area contributed by atoms with Crippen molar-refractivity contribution in [2.75, 3.05) is 5.73 Å². The third-order valence-corrected chi connectivity index (χ3v) is 6.34. The molecule has 0 saturated heterocycles. The molecule has 1 aliphatic rings. The molecule has 1 aromatic carbocycles. The summed E-state index contributed by atoms with van der Waals surface area (Å²) >= 11 is 4.70. The topological polar surface area (TPSA) is 80.5 Å². The van der Waals surface area contributed by atoms with Crippen LogP contribution in [-0.4, -0.2) is 18.6 Å². The van der Waals surface area contributed by atoms with Gasteiger partial charge in [0.05, 0.1) is 15.9 Å². The number of hydrogen-bond donors (Lipinski definition) is 1. The molecule has 1 amide bonds. The van der Waals surface area contributed by atoms with Crippen molar-refractivity contribution in [3.63, 3.8) is 0 Å². The van der Waals surface area contributed by atoms with E-state index in [2.05, 4.69) is 15.9 Å². The summed E-state index contributed by atoms with van der Waals surface area (Å²) in [5, 5.41) is 0. The predicted octanol–water partition coefficient (Wildman–Crippen LogP) is 2.44. The fraction of sp³-hybridized carbons (Fsp3) is 0.0833. The molecule has 0 saturated carbocycles. The van der Waals surface area contributed by atoms with Gasteiger partial charge in [-0.2, -0.15) is 0 Å². The summed E-state index contributed by atoms with van der Waals surface area (Å²) in [6.45, 7) is 0.0337. The standard InChI is InChI=1S/C12H9BrN2O3S2/c13-11-4-2-8(19-11)6-15-12(16)9-3-1-7(14)5-10(9)20(15,17)18/h1-5H,6,14H2. The summed E-state index contributed by atoms with van der Waals surface area (Å²) in [4.78, 5) is 13.0. The first kappa shape index (κ1) is 13.6. The Morgan fingerprint density at radius 1 is 1.25 bits per heavy atom. The second-order valence-corrected chi connectivity index (χ2v) is 8.66. The average molecular weight is 373 g/mol. The van der Waals surface area contributed by atoms with Gasteiger partial charge in [-0.15, -0.1) is 11.3 Å². The second-order valence-electron chi connectivity index (χ2n) is 4.28. The van der Waals surface area contributed by atoms with Crippen LogP contribution in [0.3, 0.4) is 0 Å². The highest BCUT2D eigenvalue weighted by Gasteiger charge is 2.41. The van der Waals surface area contributed by atoms with E-state index < -0.39 is 15.9 Å². The lowest BCUT2D eigenvalue weighted by Gasteiger charge is -2.13. The molecule has 0 unspecified atom stereocenters. The minimum Gasteiger partial charge on any atom is -0.399 e. The molecule has 2 N–H and O–H groups in total. The molecule has 5 nitrogen and oxygen atoms in total. The number of benzene rings is 1. The third kappa shape index (κ3) is 2.04. The summed E-state index contributed by atoms with van der Waals surface area (Å²) in [5.74, 6) is -0.510. The van der Waals surface area contributed by atoms with Gasteiger partial charge < -0.3 is 5.73 Å². The van der Waals surface area contributed by atoms with Crippen molar-refractivity contribution in [2.24, 2.45) is 0 Å². The fourth-order valence-corrected chi connectivity index (χ4v) is 5.16. The van der Waals surface area contributed by atoms with Gasteiger partial charge in [-0.25, -0.2) is 12.7 Å². The lowest BCUT2D eigenvalue weighted by molar-refractivity contribution is 0.0866. The van der Waals surface area contributed by atoms with Crippen molar-refractivity contribution in [2.45, 2.75) is 11.4 Å². The van der Waals surface area contributed by atoms with Gasteiger partial charge in [0.25, 0.3) is 15.9 Å². The van der Waals surface area contributed by atoms with E-state index in [4.69, 9.17) is 5.73 Å². The molecule has 1 aliphatic heterocycles. The van der Waals surface area contributed by atoms with Crippen LogP contribution in [0.1, 0.15) is 15.2 Å². The molecule has 2 heterocycles. The molecule has 0 aliphatic carbocycles. The molecular formula is C12H9BrN2O3S2. The molecule has 0 radical (unpaired) electrons. The van der Waals surface area contributed by atoms with Gasteiger partial charge in [0, 0.05) is 10.6 Å². The number of thiophene rings is 1. The maximum absolute atomic E-state index is 12.4. The van der Waals surface area contributed by atoms with Gasteiger partial charge in [-0.3, -0.25) is 4.79 Å². The number of anilines is 1. The molecule has 104 valence electrons. The van der Waals surface area contributed by atoms with Crippen molar-refractivity contribution in [3.05, 3.63) is 44.6 Å². The summed E-state index contributed by atoms with van der Waals surface area (Å²) < 4.78 is 26.6.